The number of hydrogen-bond donors (Lipinski definition) is 2. The highest BCUT2D eigenvalue weighted by Gasteiger charge is 2.30. The number of halogens is 2. The van der Waals surface area contributed by atoms with E-state index in [4.69, 9.17) is 4.42 Å². The molecular weight excluding hydrogens is 429 g/mol. The number of fused-ring (bicyclic) bond motifs is 1. The summed E-state index contributed by atoms with van der Waals surface area (Å²) in [5.74, 6) is -1.85. The summed E-state index contributed by atoms with van der Waals surface area (Å²) in [6.07, 6.45) is 2.74. The van der Waals surface area contributed by atoms with Crippen molar-refractivity contribution in [3.63, 3.8) is 0 Å². The first-order valence-corrected chi connectivity index (χ1v) is 9.24. The SMILES string of the molecule is Cl.O=C(NCc1ccco1)c1cn2c(c(O)c1=O)C(=O)N(Cc1ccc(F)cc1)CC2. The number of nitrogens with zero attached hydrogens (tertiary/aromatic N) is 2. The van der Waals surface area contributed by atoms with Gasteiger partial charge in [-0.25, -0.2) is 4.39 Å². The van der Waals surface area contributed by atoms with Gasteiger partial charge in [0, 0.05) is 25.8 Å². The molecule has 0 saturated carbocycles. The van der Waals surface area contributed by atoms with Crippen molar-refractivity contribution in [2.75, 3.05) is 6.54 Å². The van der Waals surface area contributed by atoms with E-state index in [1.165, 1.54) is 34.1 Å². The highest BCUT2D eigenvalue weighted by molar-refractivity contribution is 5.99. The second-order valence-electron chi connectivity index (χ2n) is 6.88. The fourth-order valence-corrected chi connectivity index (χ4v) is 3.33. The van der Waals surface area contributed by atoms with Gasteiger partial charge in [-0.05, 0) is 29.8 Å². The summed E-state index contributed by atoms with van der Waals surface area (Å²) in [5, 5.41) is 12.9. The molecular formula is C21H19ClFN3O5. The monoisotopic (exact) mass is 447 g/mol. The van der Waals surface area contributed by atoms with Crippen LogP contribution in [0.5, 0.6) is 5.75 Å². The van der Waals surface area contributed by atoms with Crippen LogP contribution in [0.3, 0.4) is 0 Å². The minimum atomic E-state index is -0.921. The summed E-state index contributed by atoms with van der Waals surface area (Å²) in [6.45, 7) is 0.879. The number of hydrogen-bond acceptors (Lipinski definition) is 5. The van der Waals surface area contributed by atoms with Gasteiger partial charge in [-0.15, -0.1) is 12.4 Å². The Labute approximate surface area is 182 Å². The molecule has 0 aliphatic carbocycles. The third-order valence-electron chi connectivity index (χ3n) is 4.89. The van der Waals surface area contributed by atoms with Crippen molar-refractivity contribution in [3.05, 3.63) is 87.5 Å². The molecule has 4 rings (SSSR count). The molecule has 2 amide bonds. The first kappa shape index (κ1) is 22.1. The third-order valence-corrected chi connectivity index (χ3v) is 4.89. The van der Waals surface area contributed by atoms with Crippen LogP contribution in [0, 0.1) is 5.82 Å². The van der Waals surface area contributed by atoms with Crippen LogP contribution in [0.4, 0.5) is 4.39 Å². The second-order valence-corrected chi connectivity index (χ2v) is 6.88. The smallest absolute Gasteiger partial charge is 0.274 e. The van der Waals surface area contributed by atoms with E-state index in [2.05, 4.69) is 5.32 Å². The Morgan fingerprint density at radius 2 is 1.90 bits per heavy atom. The van der Waals surface area contributed by atoms with E-state index in [9.17, 15) is 23.9 Å². The van der Waals surface area contributed by atoms with Crippen molar-refractivity contribution >= 4 is 24.2 Å². The molecule has 0 unspecified atom stereocenters. The number of aromatic nitrogens is 1. The first-order chi connectivity index (χ1) is 14.4. The molecule has 0 radical (unpaired) electrons. The Bertz CT molecular complexity index is 1160. The standard InChI is InChI=1S/C21H18FN3O5.ClH/c22-14-5-3-13(4-6-14)11-25-8-7-24-12-16(18(26)19(27)17(24)21(25)29)20(28)23-10-15-2-1-9-30-15;/h1-6,9,12,27H,7-8,10-11H2,(H,23,28);1H. The van der Waals surface area contributed by atoms with Crippen LogP contribution >= 0.6 is 12.4 Å². The van der Waals surface area contributed by atoms with E-state index in [1.807, 2.05) is 0 Å². The molecule has 3 heterocycles. The third kappa shape index (κ3) is 4.46. The van der Waals surface area contributed by atoms with Crippen LogP contribution in [0.2, 0.25) is 0 Å². The number of benzene rings is 1. The van der Waals surface area contributed by atoms with Gasteiger partial charge in [-0.2, -0.15) is 0 Å². The van der Waals surface area contributed by atoms with Crippen LogP contribution in [0.25, 0.3) is 0 Å². The number of amides is 2. The van der Waals surface area contributed by atoms with E-state index in [-0.39, 0.29) is 49.1 Å². The average Bonchev–Trinajstić information content (AvgIpc) is 3.26. The molecule has 0 spiro atoms. The Balaban J connectivity index is 0.00000272. The lowest BCUT2D eigenvalue weighted by Gasteiger charge is -2.30. The average molecular weight is 448 g/mol. The molecule has 1 aromatic carbocycles. The van der Waals surface area contributed by atoms with E-state index in [0.29, 0.717) is 17.9 Å². The zero-order valence-electron chi connectivity index (χ0n) is 16.2. The van der Waals surface area contributed by atoms with Gasteiger partial charge in [0.25, 0.3) is 11.8 Å². The summed E-state index contributed by atoms with van der Waals surface area (Å²) in [4.78, 5) is 39.2. The maximum absolute atomic E-state index is 13.1. The topological polar surface area (TPSA) is 105 Å². The van der Waals surface area contributed by atoms with Crippen LogP contribution in [-0.4, -0.2) is 32.9 Å². The summed E-state index contributed by atoms with van der Waals surface area (Å²) in [5.41, 5.74) is -0.636. The molecule has 3 aromatic rings. The van der Waals surface area contributed by atoms with Crippen LogP contribution in [-0.2, 0) is 19.6 Å². The molecule has 1 aliphatic heterocycles. The number of carbonyl (C=O) groups is 2. The van der Waals surface area contributed by atoms with Gasteiger partial charge in [0.05, 0.1) is 12.8 Å². The highest BCUT2D eigenvalue weighted by atomic mass is 35.5. The van der Waals surface area contributed by atoms with E-state index >= 15 is 0 Å². The van der Waals surface area contributed by atoms with Gasteiger partial charge in [0.1, 0.15) is 17.1 Å². The van der Waals surface area contributed by atoms with Gasteiger partial charge in [0.15, 0.2) is 11.4 Å². The summed E-state index contributed by atoms with van der Waals surface area (Å²) in [6, 6.07) is 9.07. The van der Waals surface area contributed by atoms with Crippen LogP contribution in [0.1, 0.15) is 32.2 Å². The number of carbonyl (C=O) groups excluding carboxylic acids is 2. The molecule has 31 heavy (non-hydrogen) atoms. The van der Waals surface area contributed by atoms with Gasteiger partial charge >= 0.3 is 0 Å². The van der Waals surface area contributed by atoms with E-state index in [1.54, 1.807) is 24.3 Å². The van der Waals surface area contributed by atoms with Crippen molar-refractivity contribution < 1.29 is 23.5 Å². The Morgan fingerprint density at radius 3 is 2.58 bits per heavy atom. The molecule has 162 valence electrons. The van der Waals surface area contributed by atoms with Crippen LogP contribution < -0.4 is 10.7 Å². The van der Waals surface area contributed by atoms with Crippen molar-refractivity contribution in [1.29, 1.82) is 0 Å². The number of nitrogens with one attached hydrogen (secondary N) is 1. The molecule has 10 heteroatoms. The minimum absolute atomic E-state index is 0. The zero-order valence-corrected chi connectivity index (χ0v) is 17.0. The zero-order chi connectivity index (χ0) is 21.3. The maximum atomic E-state index is 13.1. The van der Waals surface area contributed by atoms with Crippen molar-refractivity contribution in [1.82, 2.24) is 14.8 Å². The number of pyridine rings is 1. The second kappa shape index (κ2) is 9.05. The Morgan fingerprint density at radius 1 is 1.16 bits per heavy atom. The molecule has 0 atom stereocenters. The van der Waals surface area contributed by atoms with Gasteiger partial charge in [-0.3, -0.25) is 14.4 Å². The van der Waals surface area contributed by atoms with Crippen LogP contribution in [0.15, 0.2) is 58.1 Å². The van der Waals surface area contributed by atoms with Crippen molar-refractivity contribution in [2.45, 2.75) is 19.6 Å². The summed E-state index contributed by atoms with van der Waals surface area (Å²) >= 11 is 0. The highest BCUT2D eigenvalue weighted by Crippen LogP contribution is 2.22. The van der Waals surface area contributed by atoms with E-state index in [0.717, 1.165) is 0 Å². The van der Waals surface area contributed by atoms with Gasteiger partial charge < -0.3 is 24.3 Å². The van der Waals surface area contributed by atoms with Gasteiger partial charge in [0.2, 0.25) is 5.43 Å². The molecule has 0 bridgehead atoms. The van der Waals surface area contributed by atoms with E-state index < -0.39 is 23.0 Å². The summed E-state index contributed by atoms with van der Waals surface area (Å²) in [7, 11) is 0. The normalized spacial score (nSPS) is 12.8. The summed E-state index contributed by atoms with van der Waals surface area (Å²) < 4.78 is 19.6. The molecule has 0 saturated heterocycles. The molecule has 0 fully saturated rings. The fourth-order valence-electron chi connectivity index (χ4n) is 3.33. The molecule has 1 aliphatic rings. The predicted octanol–water partition coefficient (Wildman–Crippen LogP) is 2.29. The lowest BCUT2D eigenvalue weighted by Crippen LogP contribution is -2.42. The number of rotatable bonds is 5. The minimum Gasteiger partial charge on any atom is -0.503 e. The number of aromatic hydroxyl groups is 1. The quantitative estimate of drug-likeness (QED) is 0.624. The Hall–Kier alpha value is -3.59. The molecule has 2 N–H and O–H groups in total. The van der Waals surface area contributed by atoms with Gasteiger partial charge in [-0.1, -0.05) is 12.1 Å². The Kier molecular flexibility index (Phi) is 6.45. The predicted molar refractivity (Wildman–Crippen MR) is 111 cm³/mol. The molecule has 8 nitrogen and oxygen atoms in total. The molecule has 2 aromatic heterocycles. The number of furan rings is 1. The lowest BCUT2D eigenvalue weighted by atomic mass is 10.1. The largest absolute Gasteiger partial charge is 0.503 e. The maximum Gasteiger partial charge on any atom is 0.274 e. The van der Waals surface area contributed by atoms with Crippen molar-refractivity contribution in [3.8, 4) is 5.75 Å². The first-order valence-electron chi connectivity index (χ1n) is 9.24. The fraction of sp³-hybridized carbons (Fsp3) is 0.190. The lowest BCUT2D eigenvalue weighted by molar-refractivity contribution is 0.0681. The van der Waals surface area contributed by atoms with Crippen molar-refractivity contribution in [2.24, 2.45) is 0 Å².